The highest BCUT2D eigenvalue weighted by molar-refractivity contribution is 9.10. The van der Waals surface area contributed by atoms with Gasteiger partial charge in [-0.15, -0.1) is 0 Å². The van der Waals surface area contributed by atoms with E-state index < -0.39 is 11.9 Å². The third kappa shape index (κ3) is 3.95. The number of benzene rings is 2. The summed E-state index contributed by atoms with van der Waals surface area (Å²) in [5.41, 5.74) is 1.42. The van der Waals surface area contributed by atoms with Crippen LogP contribution in [0.25, 0.3) is 0 Å². The molecule has 0 aliphatic rings. The standard InChI is InChI=1S/C16H16BrFO3/c1-10(19)14-5-3-12(18)8-16(14)21-9-11-7-13(20-2)4-6-15(11)17/h3-8,10,19H,9H2,1-2H3/t10-/m0/s1. The van der Waals surface area contributed by atoms with Crippen LogP contribution in [0.2, 0.25) is 0 Å². The highest BCUT2D eigenvalue weighted by atomic mass is 79.9. The minimum atomic E-state index is -0.727. The molecule has 0 spiro atoms. The van der Waals surface area contributed by atoms with Crippen LogP contribution in [0.15, 0.2) is 40.9 Å². The van der Waals surface area contributed by atoms with Crippen molar-refractivity contribution < 1.29 is 19.0 Å². The lowest BCUT2D eigenvalue weighted by Gasteiger charge is -2.14. The van der Waals surface area contributed by atoms with Gasteiger partial charge in [-0.2, -0.15) is 0 Å². The van der Waals surface area contributed by atoms with Gasteiger partial charge >= 0.3 is 0 Å². The number of halogens is 2. The summed E-state index contributed by atoms with van der Waals surface area (Å²) in [6, 6.07) is 9.63. The van der Waals surface area contributed by atoms with Gasteiger partial charge in [-0.25, -0.2) is 4.39 Å². The highest BCUT2D eigenvalue weighted by Gasteiger charge is 2.11. The molecule has 0 unspecified atom stereocenters. The van der Waals surface area contributed by atoms with E-state index in [0.29, 0.717) is 17.1 Å². The van der Waals surface area contributed by atoms with Crippen LogP contribution in [0.3, 0.4) is 0 Å². The van der Waals surface area contributed by atoms with Crippen LogP contribution < -0.4 is 9.47 Å². The fourth-order valence-corrected chi connectivity index (χ4v) is 2.28. The van der Waals surface area contributed by atoms with Crippen LogP contribution in [0, 0.1) is 5.82 Å². The lowest BCUT2D eigenvalue weighted by molar-refractivity contribution is 0.189. The highest BCUT2D eigenvalue weighted by Crippen LogP contribution is 2.29. The van der Waals surface area contributed by atoms with Crippen LogP contribution in [0.5, 0.6) is 11.5 Å². The molecule has 2 aromatic carbocycles. The summed E-state index contributed by atoms with van der Waals surface area (Å²) in [5.74, 6) is 0.644. The molecule has 0 saturated carbocycles. The van der Waals surface area contributed by atoms with Crippen LogP contribution in [0.1, 0.15) is 24.2 Å². The molecule has 0 saturated heterocycles. The second kappa shape index (κ2) is 6.91. The second-order valence-electron chi connectivity index (χ2n) is 4.60. The summed E-state index contributed by atoms with van der Waals surface area (Å²) < 4.78 is 25.0. The van der Waals surface area contributed by atoms with Gasteiger partial charge in [0.25, 0.3) is 0 Å². The SMILES string of the molecule is COc1ccc(Br)c(COc2cc(F)ccc2[C@H](C)O)c1. The van der Waals surface area contributed by atoms with E-state index in [-0.39, 0.29) is 6.61 Å². The number of hydrogen-bond acceptors (Lipinski definition) is 3. The van der Waals surface area contributed by atoms with E-state index in [9.17, 15) is 9.50 Å². The molecule has 0 heterocycles. The third-order valence-electron chi connectivity index (χ3n) is 3.06. The van der Waals surface area contributed by atoms with Crippen molar-refractivity contribution >= 4 is 15.9 Å². The number of rotatable bonds is 5. The Morgan fingerprint density at radius 1 is 1.24 bits per heavy atom. The van der Waals surface area contributed by atoms with E-state index in [1.165, 1.54) is 18.2 Å². The van der Waals surface area contributed by atoms with Gasteiger partial charge in [-0.3, -0.25) is 0 Å². The van der Waals surface area contributed by atoms with Crippen molar-refractivity contribution in [3.05, 3.63) is 57.8 Å². The van der Waals surface area contributed by atoms with Crippen LogP contribution in [0.4, 0.5) is 4.39 Å². The van der Waals surface area contributed by atoms with Crippen molar-refractivity contribution in [2.75, 3.05) is 7.11 Å². The van der Waals surface area contributed by atoms with Gasteiger partial charge in [-0.1, -0.05) is 15.9 Å². The van der Waals surface area contributed by atoms with Crippen LogP contribution >= 0.6 is 15.9 Å². The molecule has 2 rings (SSSR count). The Balaban J connectivity index is 2.22. The first kappa shape index (κ1) is 15.8. The first-order valence-corrected chi connectivity index (χ1v) is 7.23. The summed E-state index contributed by atoms with van der Waals surface area (Å²) >= 11 is 3.44. The summed E-state index contributed by atoms with van der Waals surface area (Å²) in [4.78, 5) is 0. The molecule has 1 N–H and O–H groups in total. The molecule has 0 aliphatic heterocycles. The van der Waals surface area contributed by atoms with Crippen molar-refractivity contribution in [2.45, 2.75) is 19.6 Å². The average Bonchev–Trinajstić information content (AvgIpc) is 2.46. The zero-order valence-electron chi connectivity index (χ0n) is 11.8. The zero-order chi connectivity index (χ0) is 15.4. The van der Waals surface area contributed by atoms with Crippen molar-refractivity contribution in [3.63, 3.8) is 0 Å². The predicted molar refractivity (Wildman–Crippen MR) is 82.1 cm³/mol. The molecule has 0 fully saturated rings. The Kier molecular flexibility index (Phi) is 5.20. The second-order valence-corrected chi connectivity index (χ2v) is 5.46. The maximum atomic E-state index is 13.3. The largest absolute Gasteiger partial charge is 0.497 e. The van der Waals surface area contributed by atoms with E-state index in [0.717, 1.165) is 10.0 Å². The number of aliphatic hydroxyl groups is 1. The number of methoxy groups -OCH3 is 1. The lowest BCUT2D eigenvalue weighted by Crippen LogP contribution is -2.02. The van der Waals surface area contributed by atoms with E-state index in [4.69, 9.17) is 9.47 Å². The average molecular weight is 355 g/mol. The minimum Gasteiger partial charge on any atom is -0.497 e. The molecule has 112 valence electrons. The van der Waals surface area contributed by atoms with Gasteiger partial charge in [0, 0.05) is 21.7 Å². The topological polar surface area (TPSA) is 38.7 Å². The fraction of sp³-hybridized carbons (Fsp3) is 0.250. The van der Waals surface area contributed by atoms with Crippen molar-refractivity contribution in [1.82, 2.24) is 0 Å². The predicted octanol–water partition coefficient (Wildman–Crippen LogP) is 4.23. The van der Waals surface area contributed by atoms with Gasteiger partial charge in [0.1, 0.15) is 23.9 Å². The van der Waals surface area contributed by atoms with Gasteiger partial charge in [0.15, 0.2) is 0 Å². The summed E-state index contributed by atoms with van der Waals surface area (Å²) in [7, 11) is 1.59. The Morgan fingerprint density at radius 3 is 2.67 bits per heavy atom. The fourth-order valence-electron chi connectivity index (χ4n) is 1.92. The van der Waals surface area contributed by atoms with E-state index in [1.807, 2.05) is 18.2 Å². The molecule has 0 amide bonds. The molecule has 0 radical (unpaired) electrons. The lowest BCUT2D eigenvalue weighted by atomic mass is 10.1. The Morgan fingerprint density at radius 2 is 2.00 bits per heavy atom. The quantitative estimate of drug-likeness (QED) is 0.873. The molecule has 3 nitrogen and oxygen atoms in total. The van der Waals surface area contributed by atoms with Gasteiger partial charge < -0.3 is 14.6 Å². The normalized spacial score (nSPS) is 12.0. The van der Waals surface area contributed by atoms with Crippen molar-refractivity contribution in [1.29, 1.82) is 0 Å². The third-order valence-corrected chi connectivity index (χ3v) is 3.84. The molecular weight excluding hydrogens is 339 g/mol. The molecule has 2 aromatic rings. The van der Waals surface area contributed by atoms with Crippen molar-refractivity contribution in [2.24, 2.45) is 0 Å². The van der Waals surface area contributed by atoms with Crippen LogP contribution in [-0.2, 0) is 6.61 Å². The minimum absolute atomic E-state index is 0.237. The van der Waals surface area contributed by atoms with Crippen molar-refractivity contribution in [3.8, 4) is 11.5 Å². The van der Waals surface area contributed by atoms with Crippen LogP contribution in [-0.4, -0.2) is 12.2 Å². The number of ether oxygens (including phenoxy) is 2. The van der Waals surface area contributed by atoms with E-state index >= 15 is 0 Å². The molecule has 0 bridgehead atoms. The molecule has 1 atom stereocenters. The summed E-state index contributed by atoms with van der Waals surface area (Å²) in [6.07, 6.45) is -0.727. The maximum absolute atomic E-state index is 13.3. The first-order valence-electron chi connectivity index (χ1n) is 6.44. The maximum Gasteiger partial charge on any atom is 0.128 e. The molecular formula is C16H16BrFO3. The zero-order valence-corrected chi connectivity index (χ0v) is 13.4. The Labute approximate surface area is 131 Å². The monoisotopic (exact) mass is 354 g/mol. The number of aliphatic hydroxyl groups excluding tert-OH is 1. The molecule has 0 aromatic heterocycles. The summed E-state index contributed by atoms with van der Waals surface area (Å²) in [6.45, 7) is 1.85. The Bertz CT molecular complexity index is 629. The Hall–Kier alpha value is -1.59. The van der Waals surface area contributed by atoms with E-state index in [2.05, 4.69) is 15.9 Å². The van der Waals surface area contributed by atoms with Gasteiger partial charge in [0.2, 0.25) is 0 Å². The molecule has 5 heteroatoms. The first-order chi connectivity index (χ1) is 10.0. The van der Waals surface area contributed by atoms with Gasteiger partial charge in [-0.05, 0) is 37.3 Å². The van der Waals surface area contributed by atoms with Gasteiger partial charge in [0.05, 0.1) is 13.2 Å². The smallest absolute Gasteiger partial charge is 0.128 e. The molecule has 0 aliphatic carbocycles. The molecule has 21 heavy (non-hydrogen) atoms. The summed E-state index contributed by atoms with van der Waals surface area (Å²) in [5, 5.41) is 9.70. The van der Waals surface area contributed by atoms with E-state index in [1.54, 1.807) is 14.0 Å². The number of hydrogen-bond donors (Lipinski definition) is 1.